The SMILES string of the molecule is COc1cc(CNc2ccc(O)cc2)ccc1OCc1c(Cl)cccc1Cl. The quantitative estimate of drug-likeness (QED) is 0.482. The summed E-state index contributed by atoms with van der Waals surface area (Å²) in [4.78, 5) is 0. The van der Waals surface area contributed by atoms with Crippen molar-refractivity contribution < 1.29 is 14.6 Å². The normalized spacial score (nSPS) is 10.5. The number of aromatic hydroxyl groups is 1. The number of benzene rings is 3. The maximum absolute atomic E-state index is 9.33. The second kappa shape index (κ2) is 8.89. The smallest absolute Gasteiger partial charge is 0.161 e. The lowest BCUT2D eigenvalue weighted by Gasteiger charge is -2.14. The van der Waals surface area contributed by atoms with Crippen molar-refractivity contribution in [3.63, 3.8) is 0 Å². The molecule has 0 unspecified atom stereocenters. The van der Waals surface area contributed by atoms with E-state index in [1.807, 2.05) is 30.3 Å². The third kappa shape index (κ3) is 5.00. The van der Waals surface area contributed by atoms with Crippen molar-refractivity contribution in [1.29, 1.82) is 0 Å². The molecule has 3 rings (SSSR count). The van der Waals surface area contributed by atoms with E-state index >= 15 is 0 Å². The highest BCUT2D eigenvalue weighted by molar-refractivity contribution is 6.35. The third-order valence-electron chi connectivity index (χ3n) is 4.03. The first kappa shape index (κ1) is 19.2. The van der Waals surface area contributed by atoms with Crippen LogP contribution in [0.4, 0.5) is 5.69 Å². The highest BCUT2D eigenvalue weighted by Crippen LogP contribution is 2.31. The van der Waals surface area contributed by atoms with Gasteiger partial charge in [-0.2, -0.15) is 0 Å². The monoisotopic (exact) mass is 403 g/mol. The van der Waals surface area contributed by atoms with Crippen molar-refractivity contribution in [2.75, 3.05) is 12.4 Å². The summed E-state index contributed by atoms with van der Waals surface area (Å²) >= 11 is 12.4. The molecule has 3 aromatic carbocycles. The summed E-state index contributed by atoms with van der Waals surface area (Å²) in [6.07, 6.45) is 0. The lowest BCUT2D eigenvalue weighted by Crippen LogP contribution is -2.02. The molecule has 0 aliphatic carbocycles. The van der Waals surface area contributed by atoms with Crippen molar-refractivity contribution in [3.05, 3.63) is 81.8 Å². The molecule has 0 aliphatic rings. The van der Waals surface area contributed by atoms with E-state index in [1.165, 1.54) is 0 Å². The molecule has 0 saturated heterocycles. The Hall–Kier alpha value is -2.56. The number of ether oxygens (including phenoxy) is 2. The van der Waals surface area contributed by atoms with Gasteiger partial charge in [-0.3, -0.25) is 0 Å². The molecule has 0 radical (unpaired) electrons. The van der Waals surface area contributed by atoms with E-state index in [0.717, 1.165) is 16.8 Å². The number of hydrogen-bond acceptors (Lipinski definition) is 4. The van der Waals surface area contributed by atoms with Gasteiger partial charge in [0.15, 0.2) is 11.5 Å². The molecule has 6 heteroatoms. The average Bonchev–Trinajstić information content (AvgIpc) is 2.67. The van der Waals surface area contributed by atoms with Gasteiger partial charge in [-0.1, -0.05) is 35.3 Å². The van der Waals surface area contributed by atoms with Gasteiger partial charge in [-0.05, 0) is 54.1 Å². The minimum atomic E-state index is 0.238. The molecular weight excluding hydrogens is 385 g/mol. The Bertz CT molecular complexity index is 894. The number of rotatable bonds is 7. The molecule has 0 atom stereocenters. The molecule has 0 amide bonds. The Morgan fingerprint density at radius 2 is 1.63 bits per heavy atom. The van der Waals surface area contributed by atoms with Crippen LogP contribution in [0.25, 0.3) is 0 Å². The lowest BCUT2D eigenvalue weighted by atomic mass is 10.2. The number of anilines is 1. The fraction of sp³-hybridized carbons (Fsp3) is 0.143. The Balaban J connectivity index is 1.67. The van der Waals surface area contributed by atoms with Gasteiger partial charge < -0.3 is 19.9 Å². The van der Waals surface area contributed by atoms with Crippen LogP contribution in [0.1, 0.15) is 11.1 Å². The Labute approximate surface area is 168 Å². The highest BCUT2D eigenvalue weighted by atomic mass is 35.5. The van der Waals surface area contributed by atoms with Crippen molar-refractivity contribution in [2.45, 2.75) is 13.2 Å². The molecule has 0 saturated carbocycles. The van der Waals surface area contributed by atoms with Crippen LogP contribution >= 0.6 is 23.2 Å². The second-order valence-electron chi connectivity index (χ2n) is 5.87. The molecule has 0 spiro atoms. The number of hydrogen-bond donors (Lipinski definition) is 2. The summed E-state index contributed by atoms with van der Waals surface area (Å²) in [5.74, 6) is 1.48. The van der Waals surface area contributed by atoms with Crippen LogP contribution in [0.15, 0.2) is 60.7 Å². The van der Waals surface area contributed by atoms with E-state index < -0.39 is 0 Å². The topological polar surface area (TPSA) is 50.7 Å². The highest BCUT2D eigenvalue weighted by Gasteiger charge is 2.10. The van der Waals surface area contributed by atoms with Crippen LogP contribution in [0.2, 0.25) is 10.0 Å². The first-order valence-electron chi connectivity index (χ1n) is 8.32. The molecule has 2 N–H and O–H groups in total. The zero-order valence-electron chi connectivity index (χ0n) is 14.7. The summed E-state index contributed by atoms with van der Waals surface area (Å²) in [7, 11) is 1.60. The standard InChI is InChI=1S/C21H19Cl2NO3/c1-26-21-11-14(12-24-15-6-8-16(25)9-7-15)5-10-20(21)27-13-17-18(22)3-2-4-19(17)23/h2-11,24-25H,12-13H2,1H3. The van der Waals surface area contributed by atoms with Gasteiger partial charge in [0, 0.05) is 27.8 Å². The number of methoxy groups -OCH3 is 1. The van der Waals surface area contributed by atoms with Gasteiger partial charge >= 0.3 is 0 Å². The Morgan fingerprint density at radius 1 is 0.926 bits per heavy atom. The molecule has 3 aromatic rings. The molecule has 0 fully saturated rings. The molecule has 27 heavy (non-hydrogen) atoms. The third-order valence-corrected chi connectivity index (χ3v) is 4.73. The van der Waals surface area contributed by atoms with Crippen molar-refractivity contribution in [2.24, 2.45) is 0 Å². The Kier molecular flexibility index (Phi) is 6.32. The number of phenols is 1. The first-order chi connectivity index (χ1) is 13.1. The van der Waals surface area contributed by atoms with Gasteiger partial charge in [-0.25, -0.2) is 0 Å². The summed E-state index contributed by atoms with van der Waals surface area (Å²) in [5.41, 5.74) is 2.68. The maximum Gasteiger partial charge on any atom is 0.161 e. The van der Waals surface area contributed by atoms with E-state index in [2.05, 4.69) is 5.32 Å². The van der Waals surface area contributed by atoms with Crippen LogP contribution < -0.4 is 14.8 Å². The summed E-state index contributed by atoms with van der Waals surface area (Å²) in [6.45, 7) is 0.859. The van der Waals surface area contributed by atoms with Crippen LogP contribution in [0, 0.1) is 0 Å². The lowest BCUT2D eigenvalue weighted by molar-refractivity contribution is 0.284. The van der Waals surface area contributed by atoms with Crippen LogP contribution in [-0.4, -0.2) is 12.2 Å². The predicted molar refractivity (Wildman–Crippen MR) is 109 cm³/mol. The van der Waals surface area contributed by atoms with Crippen LogP contribution in [0.5, 0.6) is 17.2 Å². The molecular formula is C21H19Cl2NO3. The molecule has 140 valence electrons. The van der Waals surface area contributed by atoms with Crippen LogP contribution in [-0.2, 0) is 13.2 Å². The summed E-state index contributed by atoms with van der Waals surface area (Å²) < 4.78 is 11.3. The van der Waals surface area contributed by atoms with Gasteiger partial charge in [0.05, 0.1) is 7.11 Å². The first-order valence-corrected chi connectivity index (χ1v) is 9.08. The van der Waals surface area contributed by atoms with E-state index in [4.69, 9.17) is 32.7 Å². The molecule has 0 aliphatic heterocycles. The maximum atomic E-state index is 9.33. The van der Waals surface area contributed by atoms with E-state index in [-0.39, 0.29) is 12.4 Å². The van der Waals surface area contributed by atoms with E-state index in [0.29, 0.717) is 28.1 Å². The zero-order chi connectivity index (χ0) is 19.2. The molecule has 4 nitrogen and oxygen atoms in total. The van der Waals surface area contributed by atoms with E-state index in [1.54, 1.807) is 37.4 Å². The average molecular weight is 404 g/mol. The fourth-order valence-corrected chi connectivity index (χ4v) is 3.05. The minimum Gasteiger partial charge on any atom is -0.508 e. The summed E-state index contributed by atoms with van der Waals surface area (Å²) in [6, 6.07) is 18.0. The number of nitrogens with one attached hydrogen (secondary N) is 1. The summed E-state index contributed by atoms with van der Waals surface area (Å²) in [5, 5.41) is 13.8. The van der Waals surface area contributed by atoms with E-state index in [9.17, 15) is 5.11 Å². The number of halogens is 2. The van der Waals surface area contributed by atoms with Crippen molar-refractivity contribution in [3.8, 4) is 17.2 Å². The van der Waals surface area contributed by atoms with Gasteiger partial charge in [0.1, 0.15) is 12.4 Å². The number of phenolic OH excluding ortho intramolecular Hbond substituents is 1. The molecule has 0 bridgehead atoms. The zero-order valence-corrected chi connectivity index (χ0v) is 16.2. The molecule has 0 heterocycles. The van der Waals surface area contributed by atoms with Crippen molar-refractivity contribution in [1.82, 2.24) is 0 Å². The van der Waals surface area contributed by atoms with Gasteiger partial charge in [0.2, 0.25) is 0 Å². The largest absolute Gasteiger partial charge is 0.508 e. The van der Waals surface area contributed by atoms with Gasteiger partial charge in [-0.15, -0.1) is 0 Å². The second-order valence-corrected chi connectivity index (χ2v) is 6.69. The molecule has 0 aromatic heterocycles. The predicted octanol–water partition coefficient (Wildman–Crippen LogP) is 5.90. The minimum absolute atomic E-state index is 0.238. The van der Waals surface area contributed by atoms with Gasteiger partial charge in [0.25, 0.3) is 0 Å². The van der Waals surface area contributed by atoms with Crippen molar-refractivity contribution >= 4 is 28.9 Å². The Morgan fingerprint density at radius 3 is 2.30 bits per heavy atom. The fourth-order valence-electron chi connectivity index (χ4n) is 2.54. The van der Waals surface area contributed by atoms with Crippen LogP contribution in [0.3, 0.4) is 0 Å².